The van der Waals surface area contributed by atoms with Crippen LogP contribution < -0.4 is 14.2 Å². The van der Waals surface area contributed by atoms with Gasteiger partial charge in [0.2, 0.25) is 5.75 Å². The number of thiophene rings is 1. The maximum Gasteiger partial charge on any atom is 0.203 e. The van der Waals surface area contributed by atoms with Crippen LogP contribution in [0.3, 0.4) is 0 Å². The Labute approximate surface area is 201 Å². The van der Waals surface area contributed by atoms with Gasteiger partial charge in [-0.2, -0.15) is 5.10 Å². The largest absolute Gasteiger partial charge is 0.493 e. The van der Waals surface area contributed by atoms with E-state index in [0.717, 1.165) is 26.7 Å². The molecule has 0 aliphatic heterocycles. The van der Waals surface area contributed by atoms with Gasteiger partial charge in [0.05, 0.1) is 48.3 Å². The number of aromatic nitrogens is 2. The Morgan fingerprint density at radius 1 is 0.909 bits per heavy atom. The molecule has 0 atom stereocenters. The van der Waals surface area contributed by atoms with Gasteiger partial charge in [0.1, 0.15) is 5.60 Å². The molecule has 33 heavy (non-hydrogen) atoms. The summed E-state index contributed by atoms with van der Waals surface area (Å²) in [6, 6.07) is 17.2. The van der Waals surface area contributed by atoms with Crippen LogP contribution in [0, 0.1) is 0 Å². The molecule has 0 fully saturated rings. The van der Waals surface area contributed by atoms with Crippen LogP contribution in [0.4, 0.5) is 0 Å². The van der Waals surface area contributed by atoms with Crippen molar-refractivity contribution in [3.05, 3.63) is 65.3 Å². The fourth-order valence-electron chi connectivity index (χ4n) is 3.58. The quantitative estimate of drug-likeness (QED) is 0.339. The van der Waals surface area contributed by atoms with Crippen LogP contribution in [0.15, 0.2) is 54.6 Å². The molecule has 2 aromatic carbocycles. The molecule has 0 aliphatic rings. The Hall–Kier alpha value is -3.00. The van der Waals surface area contributed by atoms with Gasteiger partial charge < -0.3 is 19.3 Å². The van der Waals surface area contributed by atoms with Crippen molar-refractivity contribution in [3.8, 4) is 43.9 Å². The van der Waals surface area contributed by atoms with Gasteiger partial charge in [-0.15, -0.1) is 11.3 Å². The fourth-order valence-corrected chi connectivity index (χ4v) is 4.82. The first-order valence-electron chi connectivity index (χ1n) is 10.3. The number of aliphatic hydroxyl groups is 1. The zero-order chi connectivity index (χ0) is 23.8. The molecule has 0 spiro atoms. The molecule has 8 heteroatoms. The van der Waals surface area contributed by atoms with Crippen molar-refractivity contribution >= 4 is 22.9 Å². The zero-order valence-electron chi connectivity index (χ0n) is 19.0. The van der Waals surface area contributed by atoms with Gasteiger partial charge in [-0.05, 0) is 56.3 Å². The van der Waals surface area contributed by atoms with Crippen molar-refractivity contribution in [2.45, 2.75) is 19.4 Å². The molecular formula is C25H25ClN2O4S. The Morgan fingerprint density at radius 3 is 2.24 bits per heavy atom. The van der Waals surface area contributed by atoms with Gasteiger partial charge in [-0.1, -0.05) is 23.7 Å². The van der Waals surface area contributed by atoms with Gasteiger partial charge in [-0.3, -0.25) is 0 Å². The highest BCUT2D eigenvalue weighted by Gasteiger charge is 2.25. The minimum atomic E-state index is -1.10. The summed E-state index contributed by atoms with van der Waals surface area (Å²) in [6.45, 7) is 3.43. The lowest BCUT2D eigenvalue weighted by molar-refractivity contribution is 0.0734. The van der Waals surface area contributed by atoms with Crippen LogP contribution in [0.1, 0.15) is 19.5 Å². The van der Waals surface area contributed by atoms with Crippen LogP contribution in [0.25, 0.3) is 26.7 Å². The number of ether oxygens (including phenoxy) is 3. The van der Waals surface area contributed by atoms with E-state index >= 15 is 0 Å². The molecule has 4 rings (SSSR count). The maximum absolute atomic E-state index is 10.6. The summed E-state index contributed by atoms with van der Waals surface area (Å²) in [7, 11) is 4.79. The van der Waals surface area contributed by atoms with Crippen molar-refractivity contribution in [3.63, 3.8) is 0 Å². The lowest BCUT2D eigenvalue weighted by Crippen LogP contribution is -2.16. The van der Waals surface area contributed by atoms with Gasteiger partial charge in [0, 0.05) is 10.4 Å². The van der Waals surface area contributed by atoms with Gasteiger partial charge >= 0.3 is 0 Å². The van der Waals surface area contributed by atoms with Crippen LogP contribution in [-0.2, 0) is 5.60 Å². The van der Waals surface area contributed by atoms with Crippen molar-refractivity contribution in [1.29, 1.82) is 0 Å². The van der Waals surface area contributed by atoms with E-state index in [1.165, 1.54) is 0 Å². The summed E-state index contributed by atoms with van der Waals surface area (Å²) in [5, 5.41) is 15.9. The summed E-state index contributed by atoms with van der Waals surface area (Å²) in [4.78, 5) is 1.95. The summed E-state index contributed by atoms with van der Waals surface area (Å²) >= 11 is 8.06. The number of hydrogen-bond acceptors (Lipinski definition) is 6. The number of para-hydroxylation sites is 1. The average Bonchev–Trinajstić information content (AvgIpc) is 3.45. The van der Waals surface area contributed by atoms with Gasteiger partial charge in [-0.25, -0.2) is 4.68 Å². The molecule has 1 N–H and O–H groups in total. The van der Waals surface area contributed by atoms with E-state index in [9.17, 15) is 5.11 Å². The molecule has 2 heterocycles. The molecule has 0 saturated carbocycles. The van der Waals surface area contributed by atoms with E-state index in [4.69, 9.17) is 25.8 Å². The molecule has 6 nitrogen and oxygen atoms in total. The SMILES string of the molecule is COc1ccc(-c2ccc(-c3cc(C(C)(C)O)nn3-c3ccccc3Cl)s2)c(OC)c1OC. The van der Waals surface area contributed by atoms with E-state index in [-0.39, 0.29) is 0 Å². The van der Waals surface area contributed by atoms with E-state index in [1.807, 2.05) is 54.6 Å². The zero-order valence-corrected chi connectivity index (χ0v) is 20.6. The molecule has 4 aromatic rings. The molecule has 0 aliphatic carbocycles. The molecule has 0 unspecified atom stereocenters. The third-order valence-corrected chi connectivity index (χ3v) is 6.71. The summed E-state index contributed by atoms with van der Waals surface area (Å²) < 4.78 is 18.4. The molecular weight excluding hydrogens is 460 g/mol. The van der Waals surface area contributed by atoms with Crippen molar-refractivity contribution in [1.82, 2.24) is 9.78 Å². The molecule has 2 aromatic heterocycles. The fraction of sp³-hybridized carbons (Fsp3) is 0.240. The van der Waals surface area contributed by atoms with Crippen LogP contribution in [-0.4, -0.2) is 36.2 Å². The van der Waals surface area contributed by atoms with Crippen LogP contribution in [0.2, 0.25) is 5.02 Å². The Kier molecular flexibility index (Phi) is 6.38. The van der Waals surface area contributed by atoms with E-state index < -0.39 is 5.60 Å². The monoisotopic (exact) mass is 484 g/mol. The van der Waals surface area contributed by atoms with Gasteiger partial charge in [0.15, 0.2) is 11.5 Å². The first-order valence-corrected chi connectivity index (χ1v) is 11.4. The van der Waals surface area contributed by atoms with Crippen LogP contribution in [0.5, 0.6) is 17.2 Å². The minimum Gasteiger partial charge on any atom is -0.493 e. The third kappa shape index (κ3) is 4.31. The highest BCUT2D eigenvalue weighted by molar-refractivity contribution is 7.18. The Morgan fingerprint density at radius 2 is 1.61 bits per heavy atom. The molecule has 0 radical (unpaired) electrons. The number of benzene rings is 2. The predicted molar refractivity (Wildman–Crippen MR) is 132 cm³/mol. The predicted octanol–water partition coefficient (Wildman–Crippen LogP) is 6.17. The number of nitrogens with zero attached hydrogens (tertiary/aromatic N) is 2. The van der Waals surface area contributed by atoms with Crippen molar-refractivity contribution in [2.75, 3.05) is 21.3 Å². The second-order valence-corrected chi connectivity index (χ2v) is 9.37. The minimum absolute atomic E-state index is 0.540. The number of methoxy groups -OCH3 is 3. The lowest BCUT2D eigenvalue weighted by Gasteiger charge is -2.15. The van der Waals surface area contributed by atoms with E-state index in [0.29, 0.717) is 28.0 Å². The first kappa shape index (κ1) is 23.2. The van der Waals surface area contributed by atoms with Crippen molar-refractivity contribution < 1.29 is 19.3 Å². The topological polar surface area (TPSA) is 65.7 Å². The third-order valence-electron chi connectivity index (χ3n) is 5.24. The number of hydrogen-bond donors (Lipinski definition) is 1. The molecule has 172 valence electrons. The molecule has 0 saturated heterocycles. The maximum atomic E-state index is 10.6. The lowest BCUT2D eigenvalue weighted by atomic mass is 10.1. The average molecular weight is 485 g/mol. The normalized spacial score (nSPS) is 11.5. The smallest absolute Gasteiger partial charge is 0.203 e. The Bertz CT molecular complexity index is 1290. The highest BCUT2D eigenvalue weighted by atomic mass is 35.5. The number of halogens is 1. The van der Waals surface area contributed by atoms with E-state index in [1.54, 1.807) is 51.2 Å². The summed E-state index contributed by atoms with van der Waals surface area (Å²) in [5.41, 5.74) is 1.90. The second kappa shape index (κ2) is 9.09. The van der Waals surface area contributed by atoms with Crippen LogP contribution >= 0.6 is 22.9 Å². The standard InChI is InChI=1S/C25H25ClN2O4S/c1-25(2,29)22-14-18(28(27-22)17-9-7-6-8-16(17)26)21-13-12-20(33-21)15-10-11-19(30-3)24(32-5)23(15)31-4/h6-14,29H,1-5H3. The summed E-state index contributed by atoms with van der Waals surface area (Å²) in [6.07, 6.45) is 0. The molecule has 0 bridgehead atoms. The molecule has 0 amide bonds. The van der Waals surface area contributed by atoms with Gasteiger partial charge in [0.25, 0.3) is 0 Å². The second-order valence-electron chi connectivity index (χ2n) is 7.88. The highest BCUT2D eigenvalue weighted by Crippen LogP contribution is 2.47. The summed E-state index contributed by atoms with van der Waals surface area (Å²) in [5.74, 6) is 1.74. The van der Waals surface area contributed by atoms with E-state index in [2.05, 4.69) is 5.10 Å². The van der Waals surface area contributed by atoms with Crippen molar-refractivity contribution in [2.24, 2.45) is 0 Å². The Balaban J connectivity index is 1.87. The first-order chi connectivity index (χ1) is 15.8. The number of rotatable bonds is 7.